The van der Waals surface area contributed by atoms with Gasteiger partial charge in [0.15, 0.2) is 0 Å². The summed E-state index contributed by atoms with van der Waals surface area (Å²) in [5, 5.41) is 3.45. The van der Waals surface area contributed by atoms with E-state index in [0.29, 0.717) is 21.6 Å². The summed E-state index contributed by atoms with van der Waals surface area (Å²) in [4.78, 5) is 20.7. The van der Waals surface area contributed by atoms with E-state index in [-0.39, 0.29) is 5.82 Å². The first kappa shape index (κ1) is 16.5. The lowest BCUT2D eigenvalue weighted by atomic mass is 10.2. The molecule has 0 bridgehead atoms. The Morgan fingerprint density at radius 1 is 1.23 bits per heavy atom. The summed E-state index contributed by atoms with van der Waals surface area (Å²) in [6, 6.07) is 8.36. The second-order valence-electron chi connectivity index (χ2n) is 5.59. The van der Waals surface area contributed by atoms with Gasteiger partial charge >= 0.3 is 5.69 Å². The fourth-order valence-electron chi connectivity index (χ4n) is 2.80. The molecule has 1 N–H and O–H groups in total. The standard InChI is InChI=1S/C17H12ClF2N5O/c18-10-1-3-12-13(7-10)25(17(26)23-16(12)22-8-14(19)20)11-2-4-15-21-5-6-24(15)9-11/h1-7,9,14H,8H2,(H,22,23,26). The molecule has 0 saturated carbocycles. The van der Waals surface area contributed by atoms with E-state index in [0.717, 1.165) is 5.65 Å². The van der Waals surface area contributed by atoms with Gasteiger partial charge in [-0.2, -0.15) is 4.98 Å². The molecule has 0 radical (unpaired) electrons. The molecule has 0 aliphatic carbocycles. The van der Waals surface area contributed by atoms with Gasteiger partial charge in [-0.1, -0.05) is 11.6 Å². The number of anilines is 1. The van der Waals surface area contributed by atoms with Gasteiger partial charge < -0.3 is 9.72 Å². The van der Waals surface area contributed by atoms with E-state index in [4.69, 9.17) is 11.6 Å². The van der Waals surface area contributed by atoms with Crippen LogP contribution in [0, 0.1) is 0 Å². The molecule has 0 unspecified atom stereocenters. The van der Waals surface area contributed by atoms with Crippen molar-refractivity contribution in [2.75, 3.05) is 11.9 Å². The second-order valence-corrected chi connectivity index (χ2v) is 6.03. The largest absolute Gasteiger partial charge is 0.364 e. The zero-order valence-electron chi connectivity index (χ0n) is 13.2. The molecule has 0 fully saturated rings. The first-order valence-corrected chi connectivity index (χ1v) is 8.08. The van der Waals surface area contributed by atoms with Crippen LogP contribution in [0.25, 0.3) is 22.2 Å². The third-order valence-electron chi connectivity index (χ3n) is 3.91. The summed E-state index contributed by atoms with van der Waals surface area (Å²) in [7, 11) is 0. The molecule has 26 heavy (non-hydrogen) atoms. The Labute approximate surface area is 150 Å². The van der Waals surface area contributed by atoms with E-state index in [1.807, 2.05) is 0 Å². The lowest BCUT2D eigenvalue weighted by Gasteiger charge is -2.14. The molecule has 0 amide bonds. The highest BCUT2D eigenvalue weighted by atomic mass is 35.5. The second kappa shape index (κ2) is 6.38. The van der Waals surface area contributed by atoms with E-state index in [1.54, 1.807) is 53.3 Å². The molecule has 3 aromatic heterocycles. The number of hydrogen-bond acceptors (Lipinski definition) is 4. The van der Waals surface area contributed by atoms with Gasteiger partial charge in [0.05, 0.1) is 17.7 Å². The van der Waals surface area contributed by atoms with Gasteiger partial charge in [0.2, 0.25) is 0 Å². The van der Waals surface area contributed by atoms with Gasteiger partial charge in [-0.05, 0) is 30.3 Å². The molecule has 3 heterocycles. The maximum atomic E-state index is 12.6. The van der Waals surface area contributed by atoms with Crippen molar-refractivity contribution in [1.29, 1.82) is 0 Å². The first-order valence-electron chi connectivity index (χ1n) is 7.70. The van der Waals surface area contributed by atoms with Gasteiger partial charge in [-0.15, -0.1) is 0 Å². The molecule has 0 saturated heterocycles. The van der Waals surface area contributed by atoms with Crippen LogP contribution in [0.3, 0.4) is 0 Å². The molecule has 4 aromatic rings. The van der Waals surface area contributed by atoms with E-state index in [9.17, 15) is 13.6 Å². The maximum Gasteiger partial charge on any atom is 0.354 e. The topological polar surface area (TPSA) is 64.2 Å². The Morgan fingerprint density at radius 2 is 2.08 bits per heavy atom. The minimum absolute atomic E-state index is 0.0990. The van der Waals surface area contributed by atoms with Crippen LogP contribution in [-0.2, 0) is 0 Å². The third-order valence-corrected chi connectivity index (χ3v) is 4.14. The molecule has 132 valence electrons. The number of halogens is 3. The van der Waals surface area contributed by atoms with Crippen LogP contribution in [0.4, 0.5) is 14.6 Å². The van der Waals surface area contributed by atoms with Gasteiger partial charge in [-0.25, -0.2) is 18.6 Å². The molecular formula is C17H12ClF2N5O. The van der Waals surface area contributed by atoms with Crippen LogP contribution in [0.2, 0.25) is 5.02 Å². The Morgan fingerprint density at radius 3 is 2.88 bits per heavy atom. The Hall–Kier alpha value is -3.00. The van der Waals surface area contributed by atoms with Crippen LogP contribution < -0.4 is 11.0 Å². The molecule has 9 heteroatoms. The number of benzene rings is 1. The van der Waals surface area contributed by atoms with Gasteiger partial charge in [0.1, 0.15) is 11.5 Å². The monoisotopic (exact) mass is 375 g/mol. The normalized spacial score (nSPS) is 11.5. The van der Waals surface area contributed by atoms with Crippen molar-refractivity contribution in [3.05, 3.63) is 64.4 Å². The zero-order valence-corrected chi connectivity index (χ0v) is 14.0. The fraction of sp³-hybridized carbons (Fsp3) is 0.118. The molecule has 0 aliphatic rings. The molecule has 0 atom stereocenters. The summed E-state index contributed by atoms with van der Waals surface area (Å²) < 4.78 is 28.2. The minimum atomic E-state index is -2.56. The van der Waals surface area contributed by atoms with Crippen molar-refractivity contribution >= 4 is 34.0 Å². The van der Waals surface area contributed by atoms with Crippen molar-refractivity contribution in [3.8, 4) is 5.69 Å². The van der Waals surface area contributed by atoms with E-state index in [1.165, 1.54) is 4.57 Å². The Balaban J connectivity index is 1.97. The number of hydrogen-bond donors (Lipinski definition) is 1. The average Bonchev–Trinajstić information content (AvgIpc) is 3.07. The number of fused-ring (bicyclic) bond motifs is 2. The van der Waals surface area contributed by atoms with Crippen molar-refractivity contribution in [2.45, 2.75) is 6.43 Å². The summed E-state index contributed by atoms with van der Waals surface area (Å²) in [5.74, 6) is 0.0990. The number of imidazole rings is 1. The van der Waals surface area contributed by atoms with Crippen molar-refractivity contribution in [1.82, 2.24) is 18.9 Å². The highest BCUT2D eigenvalue weighted by molar-refractivity contribution is 6.31. The summed E-state index contributed by atoms with van der Waals surface area (Å²) in [6.45, 7) is -0.602. The van der Waals surface area contributed by atoms with Crippen molar-refractivity contribution in [2.24, 2.45) is 0 Å². The number of nitrogens with one attached hydrogen (secondary N) is 1. The number of rotatable bonds is 4. The van der Waals surface area contributed by atoms with E-state index in [2.05, 4.69) is 15.3 Å². The van der Waals surface area contributed by atoms with E-state index >= 15 is 0 Å². The highest BCUT2D eigenvalue weighted by Gasteiger charge is 2.14. The SMILES string of the molecule is O=c1nc(NCC(F)F)c2ccc(Cl)cc2n1-c1ccc2nccn2c1. The quantitative estimate of drug-likeness (QED) is 0.594. The third kappa shape index (κ3) is 2.88. The van der Waals surface area contributed by atoms with Crippen LogP contribution in [0.5, 0.6) is 0 Å². The maximum absolute atomic E-state index is 12.6. The first-order chi connectivity index (χ1) is 12.5. The number of alkyl halides is 2. The minimum Gasteiger partial charge on any atom is -0.364 e. The van der Waals surface area contributed by atoms with Crippen LogP contribution in [0.15, 0.2) is 53.7 Å². The van der Waals surface area contributed by atoms with Crippen molar-refractivity contribution < 1.29 is 8.78 Å². The lowest BCUT2D eigenvalue weighted by Crippen LogP contribution is -2.24. The summed E-state index contributed by atoms with van der Waals surface area (Å²) in [5.41, 5.74) is 1.15. The van der Waals surface area contributed by atoms with Crippen LogP contribution >= 0.6 is 11.6 Å². The molecule has 4 rings (SSSR count). The van der Waals surface area contributed by atoms with Gasteiger partial charge in [0.25, 0.3) is 6.43 Å². The van der Waals surface area contributed by atoms with Crippen LogP contribution in [0.1, 0.15) is 0 Å². The molecule has 0 aliphatic heterocycles. The van der Waals surface area contributed by atoms with Crippen molar-refractivity contribution in [3.63, 3.8) is 0 Å². The Kier molecular flexibility index (Phi) is 4.04. The molecule has 1 aromatic carbocycles. The smallest absolute Gasteiger partial charge is 0.354 e. The van der Waals surface area contributed by atoms with Gasteiger partial charge in [-0.3, -0.25) is 4.57 Å². The predicted molar refractivity (Wildman–Crippen MR) is 95.6 cm³/mol. The fourth-order valence-corrected chi connectivity index (χ4v) is 2.96. The van der Waals surface area contributed by atoms with E-state index < -0.39 is 18.7 Å². The average molecular weight is 376 g/mol. The molecule has 6 nitrogen and oxygen atoms in total. The number of pyridine rings is 1. The highest BCUT2D eigenvalue weighted by Crippen LogP contribution is 2.25. The Bertz CT molecular complexity index is 1170. The number of nitrogens with zero attached hydrogens (tertiary/aromatic N) is 4. The molecular weight excluding hydrogens is 364 g/mol. The summed E-state index contributed by atoms with van der Waals surface area (Å²) >= 11 is 6.10. The lowest BCUT2D eigenvalue weighted by molar-refractivity contribution is 0.163. The summed E-state index contributed by atoms with van der Waals surface area (Å²) in [6.07, 6.45) is 2.57. The zero-order chi connectivity index (χ0) is 18.3. The predicted octanol–water partition coefficient (Wildman–Crippen LogP) is 3.36. The van der Waals surface area contributed by atoms with Crippen LogP contribution in [-0.4, -0.2) is 31.9 Å². The number of aromatic nitrogens is 4. The molecule has 0 spiro atoms. The van der Waals surface area contributed by atoms with Gasteiger partial charge in [0, 0.05) is 29.0 Å².